The molecule has 0 spiro atoms. The van der Waals surface area contributed by atoms with Crippen LogP contribution < -0.4 is 51.4 Å². The standard InChI is InChI=1S/C18H12N6O2.C2H6O.K.H2O/c19-23-22-18-16(13-5-2-1-3-6-13)7-4-8-17(18)21-20-14-9-11-15(12-10-14)24(25)26;1-2-3;;/h1-12H;3H,2H2,1H3;;1H2/q;;+1;/p-1. The third kappa shape index (κ3) is 8.65. The van der Waals surface area contributed by atoms with Gasteiger partial charge in [-0.3, -0.25) is 10.1 Å². The molecule has 0 bridgehead atoms. The number of nitro benzene ring substituents is 1. The Bertz CT molecular complexity index is 1040. The van der Waals surface area contributed by atoms with Crippen LogP contribution in [0.5, 0.6) is 0 Å². The summed E-state index contributed by atoms with van der Waals surface area (Å²) in [5.41, 5.74) is 11.7. The van der Waals surface area contributed by atoms with Crippen molar-refractivity contribution in [2.75, 3.05) is 6.61 Å². The summed E-state index contributed by atoms with van der Waals surface area (Å²) in [5, 5.41) is 30.2. The van der Waals surface area contributed by atoms with Gasteiger partial charge in [-0.15, -0.1) is 0 Å². The van der Waals surface area contributed by atoms with Crippen molar-refractivity contribution in [2.24, 2.45) is 15.3 Å². The average Bonchev–Trinajstić information content (AvgIpc) is 2.74. The Morgan fingerprint density at radius 1 is 1.00 bits per heavy atom. The van der Waals surface area contributed by atoms with Crippen LogP contribution in [0.1, 0.15) is 6.92 Å². The molecule has 154 valence electrons. The fraction of sp³-hybridized carbons (Fsp3) is 0.100. The minimum absolute atomic E-state index is 0. The van der Waals surface area contributed by atoms with Gasteiger partial charge in [0, 0.05) is 23.7 Å². The number of non-ortho nitro benzene ring substituents is 1. The van der Waals surface area contributed by atoms with Crippen molar-refractivity contribution in [2.45, 2.75) is 6.92 Å². The fourth-order valence-corrected chi connectivity index (χ4v) is 2.37. The zero-order valence-electron chi connectivity index (χ0n) is 17.0. The minimum atomic E-state index is -0.482. The number of hydrogen-bond donors (Lipinski definition) is 1. The van der Waals surface area contributed by atoms with Gasteiger partial charge in [0.05, 0.1) is 22.0 Å². The fourth-order valence-electron chi connectivity index (χ4n) is 2.37. The summed E-state index contributed by atoms with van der Waals surface area (Å²) < 4.78 is 0. The normalized spacial score (nSPS) is 9.35. The van der Waals surface area contributed by atoms with Gasteiger partial charge in [-0.1, -0.05) is 47.6 Å². The maximum Gasteiger partial charge on any atom is 1.00 e. The van der Waals surface area contributed by atoms with Crippen LogP contribution in [0.15, 0.2) is 88.1 Å². The third-order valence-electron chi connectivity index (χ3n) is 3.58. The molecule has 0 atom stereocenters. The third-order valence-corrected chi connectivity index (χ3v) is 3.58. The summed E-state index contributed by atoms with van der Waals surface area (Å²) in [6.07, 6.45) is 0. The van der Waals surface area contributed by atoms with Crippen LogP contribution in [0.3, 0.4) is 0 Å². The maximum atomic E-state index is 10.7. The predicted octanol–water partition coefficient (Wildman–Crippen LogP) is 3.44. The van der Waals surface area contributed by atoms with E-state index < -0.39 is 4.92 Å². The van der Waals surface area contributed by atoms with Gasteiger partial charge in [0.25, 0.3) is 5.69 Å². The second kappa shape index (κ2) is 15.3. The van der Waals surface area contributed by atoms with Crippen molar-refractivity contribution in [1.82, 2.24) is 0 Å². The number of azo groups is 1. The van der Waals surface area contributed by atoms with E-state index in [4.69, 9.17) is 10.6 Å². The van der Waals surface area contributed by atoms with Crippen LogP contribution in [0.25, 0.3) is 21.6 Å². The number of aliphatic hydroxyl groups excluding tert-OH is 1. The quantitative estimate of drug-likeness (QED) is 0.158. The summed E-state index contributed by atoms with van der Waals surface area (Å²) in [5.74, 6) is 0. The SMILES string of the molecule is CCO.[K+].[N-]=[N+]=Nc1c(N=Nc2ccc([N+](=O)[O-])cc2)cccc1-c1ccccc1.[OH-]. The average molecular weight is 447 g/mol. The summed E-state index contributed by atoms with van der Waals surface area (Å²) in [6.45, 7) is 1.93. The first kappa shape index (κ1) is 28.5. The van der Waals surface area contributed by atoms with Crippen molar-refractivity contribution in [3.8, 4) is 11.1 Å². The van der Waals surface area contributed by atoms with Crippen molar-refractivity contribution >= 4 is 22.7 Å². The van der Waals surface area contributed by atoms with Crippen LogP contribution in [0.4, 0.5) is 22.7 Å². The molecule has 3 rings (SSSR count). The van der Waals surface area contributed by atoms with Crippen LogP contribution in [-0.2, 0) is 0 Å². The van der Waals surface area contributed by atoms with Crippen molar-refractivity contribution in [1.29, 1.82) is 0 Å². The number of rotatable bonds is 5. The number of nitro groups is 1. The molecule has 0 aliphatic carbocycles. The van der Waals surface area contributed by atoms with Crippen LogP contribution in [0.2, 0.25) is 0 Å². The van der Waals surface area contributed by atoms with Gasteiger partial charge in [-0.05, 0) is 41.8 Å². The van der Waals surface area contributed by atoms with Gasteiger partial charge in [0.15, 0.2) is 0 Å². The van der Waals surface area contributed by atoms with Crippen LogP contribution in [-0.4, -0.2) is 22.1 Å². The number of hydrogen-bond acceptors (Lipinski definition) is 7. The van der Waals surface area contributed by atoms with Gasteiger partial charge >= 0.3 is 51.4 Å². The van der Waals surface area contributed by atoms with E-state index in [1.807, 2.05) is 36.4 Å². The summed E-state index contributed by atoms with van der Waals surface area (Å²) in [4.78, 5) is 13.1. The van der Waals surface area contributed by atoms with E-state index in [-0.39, 0.29) is 69.2 Å². The number of nitrogens with zero attached hydrogens (tertiary/aromatic N) is 6. The van der Waals surface area contributed by atoms with Gasteiger partial charge in [0.1, 0.15) is 0 Å². The minimum Gasteiger partial charge on any atom is -0.870 e. The van der Waals surface area contributed by atoms with E-state index in [0.29, 0.717) is 17.1 Å². The number of azide groups is 1. The Hall–Kier alpha value is -2.47. The Labute approximate surface area is 221 Å². The molecule has 0 saturated carbocycles. The number of benzene rings is 3. The van der Waals surface area contributed by atoms with E-state index in [1.165, 1.54) is 24.3 Å². The molecule has 11 heteroatoms. The molecule has 0 amide bonds. The van der Waals surface area contributed by atoms with E-state index >= 15 is 0 Å². The van der Waals surface area contributed by atoms with E-state index in [9.17, 15) is 10.1 Å². The topological polar surface area (TPSA) is 167 Å². The maximum absolute atomic E-state index is 10.7. The molecular weight excluding hydrogens is 427 g/mol. The first-order valence-corrected chi connectivity index (χ1v) is 8.61. The summed E-state index contributed by atoms with van der Waals surface area (Å²) in [7, 11) is 0. The molecule has 0 aliphatic heterocycles. The molecule has 0 radical (unpaired) electrons. The Morgan fingerprint density at radius 3 is 2.16 bits per heavy atom. The van der Waals surface area contributed by atoms with Crippen molar-refractivity contribution in [3.63, 3.8) is 0 Å². The Kier molecular flexibility index (Phi) is 14.1. The van der Waals surface area contributed by atoms with E-state index in [1.54, 1.807) is 19.1 Å². The van der Waals surface area contributed by atoms with E-state index in [2.05, 4.69) is 20.3 Å². The molecule has 2 N–H and O–H groups in total. The van der Waals surface area contributed by atoms with Crippen molar-refractivity contribution in [3.05, 3.63) is 93.4 Å². The first-order chi connectivity index (χ1) is 14.1. The molecule has 0 aromatic heterocycles. The smallest absolute Gasteiger partial charge is 0.870 e. The van der Waals surface area contributed by atoms with Gasteiger partial charge in [-0.2, -0.15) is 10.2 Å². The second-order valence-electron chi connectivity index (χ2n) is 5.52. The van der Waals surface area contributed by atoms with Crippen LogP contribution >= 0.6 is 0 Å². The largest absolute Gasteiger partial charge is 1.00 e. The van der Waals surface area contributed by atoms with E-state index in [0.717, 1.165) is 11.1 Å². The molecule has 0 saturated heterocycles. The van der Waals surface area contributed by atoms with Gasteiger partial charge in [0.2, 0.25) is 0 Å². The second-order valence-corrected chi connectivity index (χ2v) is 5.52. The van der Waals surface area contributed by atoms with Crippen molar-refractivity contribution < 1.29 is 66.9 Å². The molecule has 3 aromatic rings. The summed E-state index contributed by atoms with van der Waals surface area (Å²) in [6, 6.07) is 20.5. The number of aliphatic hydroxyl groups is 1. The molecule has 3 aromatic carbocycles. The Balaban J connectivity index is 0.00000170. The molecule has 10 nitrogen and oxygen atoms in total. The van der Waals surface area contributed by atoms with Gasteiger partial charge < -0.3 is 10.6 Å². The molecular formula is C20H19KN6O4. The van der Waals surface area contributed by atoms with Crippen LogP contribution in [0, 0.1) is 10.1 Å². The molecule has 0 aliphatic rings. The first-order valence-electron chi connectivity index (χ1n) is 8.61. The zero-order valence-corrected chi connectivity index (χ0v) is 20.2. The molecule has 0 fully saturated rings. The Morgan fingerprint density at radius 2 is 1.61 bits per heavy atom. The van der Waals surface area contributed by atoms with Gasteiger partial charge in [-0.25, -0.2) is 0 Å². The summed E-state index contributed by atoms with van der Waals surface area (Å²) >= 11 is 0. The monoisotopic (exact) mass is 446 g/mol. The predicted molar refractivity (Wildman–Crippen MR) is 113 cm³/mol. The molecule has 31 heavy (non-hydrogen) atoms. The zero-order chi connectivity index (χ0) is 21.1. The molecule has 0 unspecified atom stereocenters. The molecule has 0 heterocycles.